The van der Waals surface area contributed by atoms with Gasteiger partial charge in [0.1, 0.15) is 5.82 Å². The lowest BCUT2D eigenvalue weighted by atomic mass is 9.71. The summed E-state index contributed by atoms with van der Waals surface area (Å²) in [6.07, 6.45) is 2.08. The first-order valence-electron chi connectivity index (χ1n) is 7.32. The van der Waals surface area contributed by atoms with Crippen molar-refractivity contribution < 1.29 is 18.7 Å². The smallest absolute Gasteiger partial charge is 0.234 e. The summed E-state index contributed by atoms with van der Waals surface area (Å²) >= 11 is 0. The van der Waals surface area contributed by atoms with Crippen LogP contribution in [0.3, 0.4) is 0 Å². The molecule has 3 atom stereocenters. The van der Waals surface area contributed by atoms with Gasteiger partial charge in [0.2, 0.25) is 11.8 Å². The Bertz CT molecular complexity index is 554. The Morgan fingerprint density at radius 3 is 2.76 bits per heavy atom. The highest BCUT2D eigenvalue weighted by Crippen LogP contribution is 2.39. The summed E-state index contributed by atoms with van der Waals surface area (Å²) in [6, 6.07) is 6.31. The van der Waals surface area contributed by atoms with Crippen molar-refractivity contribution in [2.45, 2.75) is 25.2 Å². The molecule has 1 N–H and O–H groups in total. The quantitative estimate of drug-likeness (QED) is 0.848. The molecule has 0 spiro atoms. The van der Waals surface area contributed by atoms with E-state index in [9.17, 15) is 14.0 Å². The van der Waals surface area contributed by atoms with E-state index in [2.05, 4.69) is 5.32 Å². The molecule has 2 saturated heterocycles. The van der Waals surface area contributed by atoms with Gasteiger partial charge in [-0.2, -0.15) is 0 Å². The Balaban J connectivity index is 1.94. The molecule has 0 aromatic heterocycles. The molecule has 0 bridgehead atoms. The molecule has 21 heavy (non-hydrogen) atoms. The lowest BCUT2D eigenvalue weighted by Crippen LogP contribution is -2.48. The number of ether oxygens (including phenoxy) is 1. The van der Waals surface area contributed by atoms with Crippen LogP contribution in [0.15, 0.2) is 24.3 Å². The second-order valence-electron chi connectivity index (χ2n) is 5.76. The van der Waals surface area contributed by atoms with Crippen LogP contribution in [0.25, 0.3) is 0 Å². The molecule has 112 valence electrons. The molecule has 5 heteroatoms. The van der Waals surface area contributed by atoms with Crippen LogP contribution in [0, 0.1) is 17.7 Å². The third kappa shape index (κ3) is 2.83. The van der Waals surface area contributed by atoms with Crippen molar-refractivity contribution in [3.63, 3.8) is 0 Å². The zero-order chi connectivity index (χ0) is 14.8. The molecule has 3 unspecified atom stereocenters. The minimum atomic E-state index is -0.615. The molecule has 2 aliphatic rings. The van der Waals surface area contributed by atoms with Gasteiger partial charge in [-0.25, -0.2) is 4.39 Å². The Morgan fingerprint density at radius 1 is 1.24 bits per heavy atom. The first kappa shape index (κ1) is 14.2. The molecular formula is C16H18FNO3. The van der Waals surface area contributed by atoms with Gasteiger partial charge >= 0.3 is 0 Å². The van der Waals surface area contributed by atoms with E-state index in [-0.39, 0.29) is 24.2 Å². The maximum atomic E-state index is 14.1. The summed E-state index contributed by atoms with van der Waals surface area (Å²) in [5.41, 5.74) is 0.373. The number of rotatable bonds is 2. The SMILES string of the molecule is O=C1CC(C2CCCOC2)C(c2ccccc2F)C(=O)N1. The van der Waals surface area contributed by atoms with Crippen molar-refractivity contribution in [3.05, 3.63) is 35.6 Å². The summed E-state index contributed by atoms with van der Waals surface area (Å²) in [5.74, 6) is -1.75. The first-order chi connectivity index (χ1) is 10.2. The third-order valence-electron chi connectivity index (χ3n) is 4.44. The van der Waals surface area contributed by atoms with Gasteiger partial charge in [-0.05, 0) is 30.7 Å². The summed E-state index contributed by atoms with van der Waals surface area (Å²) in [4.78, 5) is 24.0. The largest absolute Gasteiger partial charge is 0.381 e. The highest BCUT2D eigenvalue weighted by atomic mass is 19.1. The van der Waals surface area contributed by atoms with Crippen molar-refractivity contribution in [1.82, 2.24) is 5.32 Å². The second kappa shape index (κ2) is 5.93. The van der Waals surface area contributed by atoms with Crippen LogP contribution >= 0.6 is 0 Å². The lowest BCUT2D eigenvalue weighted by molar-refractivity contribution is -0.138. The Morgan fingerprint density at radius 2 is 2.05 bits per heavy atom. The molecule has 0 saturated carbocycles. The molecule has 2 heterocycles. The minimum Gasteiger partial charge on any atom is -0.381 e. The standard InChI is InChI=1S/C16H18FNO3/c17-13-6-2-1-5-11(13)15-12(8-14(19)18-16(15)20)10-4-3-7-21-9-10/h1-2,5-6,10,12,15H,3-4,7-9H2,(H,18,19,20). The number of hydrogen-bond donors (Lipinski definition) is 1. The van der Waals surface area contributed by atoms with Gasteiger partial charge < -0.3 is 4.74 Å². The van der Waals surface area contributed by atoms with Crippen molar-refractivity contribution in [3.8, 4) is 0 Å². The van der Waals surface area contributed by atoms with Gasteiger partial charge in [-0.1, -0.05) is 18.2 Å². The summed E-state index contributed by atoms with van der Waals surface area (Å²) in [7, 11) is 0. The van der Waals surface area contributed by atoms with Crippen LogP contribution in [0.4, 0.5) is 4.39 Å². The molecule has 2 amide bonds. The average molecular weight is 291 g/mol. The van der Waals surface area contributed by atoms with Crippen molar-refractivity contribution in [2.75, 3.05) is 13.2 Å². The Hall–Kier alpha value is -1.75. The molecule has 4 nitrogen and oxygen atoms in total. The maximum Gasteiger partial charge on any atom is 0.234 e. The van der Waals surface area contributed by atoms with Crippen LogP contribution in [-0.2, 0) is 14.3 Å². The van der Waals surface area contributed by atoms with Crippen LogP contribution in [-0.4, -0.2) is 25.0 Å². The maximum absolute atomic E-state index is 14.1. The summed E-state index contributed by atoms with van der Waals surface area (Å²) in [5, 5.41) is 2.34. The number of benzene rings is 1. The zero-order valence-electron chi connectivity index (χ0n) is 11.7. The fourth-order valence-corrected chi connectivity index (χ4v) is 3.43. The average Bonchev–Trinajstić information content (AvgIpc) is 2.49. The lowest BCUT2D eigenvalue weighted by Gasteiger charge is -2.37. The van der Waals surface area contributed by atoms with Crippen molar-refractivity contribution >= 4 is 11.8 Å². The summed E-state index contributed by atoms with van der Waals surface area (Å²) in [6.45, 7) is 1.25. The van der Waals surface area contributed by atoms with E-state index in [1.165, 1.54) is 6.07 Å². The minimum absolute atomic E-state index is 0.123. The van der Waals surface area contributed by atoms with E-state index < -0.39 is 17.6 Å². The zero-order valence-corrected chi connectivity index (χ0v) is 11.7. The molecule has 1 aromatic rings. The topological polar surface area (TPSA) is 55.4 Å². The van der Waals surface area contributed by atoms with E-state index in [0.29, 0.717) is 18.8 Å². The second-order valence-corrected chi connectivity index (χ2v) is 5.76. The number of amides is 2. The van der Waals surface area contributed by atoms with Crippen LogP contribution in [0.2, 0.25) is 0 Å². The van der Waals surface area contributed by atoms with Gasteiger partial charge in [0.05, 0.1) is 5.92 Å². The fraction of sp³-hybridized carbons (Fsp3) is 0.500. The predicted molar refractivity (Wildman–Crippen MR) is 73.9 cm³/mol. The highest BCUT2D eigenvalue weighted by molar-refractivity contribution is 6.01. The predicted octanol–water partition coefficient (Wildman–Crippen LogP) is 2.00. The van der Waals surface area contributed by atoms with E-state index in [4.69, 9.17) is 4.74 Å². The van der Waals surface area contributed by atoms with Gasteiger partial charge in [-0.15, -0.1) is 0 Å². The van der Waals surface area contributed by atoms with E-state index in [1.54, 1.807) is 18.2 Å². The molecular weight excluding hydrogens is 273 g/mol. The van der Waals surface area contributed by atoms with E-state index in [1.807, 2.05) is 0 Å². The monoisotopic (exact) mass is 291 g/mol. The molecule has 2 aliphatic heterocycles. The first-order valence-corrected chi connectivity index (χ1v) is 7.32. The Kier molecular flexibility index (Phi) is 4.01. The fourth-order valence-electron chi connectivity index (χ4n) is 3.43. The van der Waals surface area contributed by atoms with Crippen LogP contribution in [0.5, 0.6) is 0 Å². The third-order valence-corrected chi connectivity index (χ3v) is 4.44. The molecule has 3 rings (SSSR count). The number of carbonyl (C=O) groups excluding carboxylic acids is 2. The van der Waals surface area contributed by atoms with Gasteiger partial charge in [0, 0.05) is 25.2 Å². The number of imide groups is 1. The number of hydrogen-bond acceptors (Lipinski definition) is 3. The number of carbonyl (C=O) groups is 2. The van der Waals surface area contributed by atoms with Gasteiger partial charge in [-0.3, -0.25) is 14.9 Å². The molecule has 0 aliphatic carbocycles. The molecule has 1 aromatic carbocycles. The van der Waals surface area contributed by atoms with Crippen LogP contribution < -0.4 is 5.32 Å². The number of piperidine rings is 1. The molecule has 2 fully saturated rings. The molecule has 0 radical (unpaired) electrons. The van der Waals surface area contributed by atoms with E-state index in [0.717, 1.165) is 12.8 Å². The van der Waals surface area contributed by atoms with Gasteiger partial charge in [0.15, 0.2) is 0 Å². The number of halogens is 1. The highest BCUT2D eigenvalue weighted by Gasteiger charge is 2.42. The summed E-state index contributed by atoms with van der Waals surface area (Å²) < 4.78 is 19.6. The Labute approximate surface area is 122 Å². The van der Waals surface area contributed by atoms with E-state index >= 15 is 0 Å². The van der Waals surface area contributed by atoms with Gasteiger partial charge in [0.25, 0.3) is 0 Å². The van der Waals surface area contributed by atoms with Crippen molar-refractivity contribution in [1.29, 1.82) is 0 Å². The van der Waals surface area contributed by atoms with Crippen LogP contribution in [0.1, 0.15) is 30.7 Å². The number of nitrogens with one attached hydrogen (secondary N) is 1. The normalized spacial score (nSPS) is 30.0. The van der Waals surface area contributed by atoms with Crippen molar-refractivity contribution in [2.24, 2.45) is 11.8 Å².